The number of carbonyl (C=O) groups is 1. The lowest BCUT2D eigenvalue weighted by atomic mass is 10.4. The third-order valence-electron chi connectivity index (χ3n) is 1.35. The van der Waals surface area contributed by atoms with Gasteiger partial charge >= 0.3 is 0 Å². The zero-order chi connectivity index (χ0) is 6.69. The molecule has 0 aromatic rings. The first-order valence-corrected chi connectivity index (χ1v) is 4.05. The van der Waals surface area contributed by atoms with Gasteiger partial charge in [0.1, 0.15) is 0 Å². The van der Waals surface area contributed by atoms with Crippen molar-refractivity contribution in [3.63, 3.8) is 0 Å². The molecule has 1 unspecified atom stereocenters. The fraction of sp³-hybridized carbons (Fsp3) is 0.833. The molecule has 0 spiro atoms. The van der Waals surface area contributed by atoms with Crippen molar-refractivity contribution >= 4 is 16.9 Å². The lowest BCUT2D eigenvalue weighted by molar-refractivity contribution is -0.109. The van der Waals surface area contributed by atoms with E-state index < -0.39 is 0 Å². The number of hydrogen-bond donors (Lipinski definition) is 1. The van der Waals surface area contributed by atoms with Gasteiger partial charge in [0.25, 0.3) is 0 Å². The third-order valence-corrected chi connectivity index (χ3v) is 2.42. The predicted octanol–water partition coefficient (Wildman–Crippen LogP) is 0.628. The van der Waals surface area contributed by atoms with E-state index in [-0.39, 0.29) is 5.12 Å². The molecule has 1 aliphatic rings. The Morgan fingerprint density at radius 1 is 1.78 bits per heavy atom. The van der Waals surface area contributed by atoms with Crippen LogP contribution >= 0.6 is 11.8 Å². The van der Waals surface area contributed by atoms with Crippen LogP contribution in [0.5, 0.6) is 0 Å². The van der Waals surface area contributed by atoms with Gasteiger partial charge in [0.2, 0.25) is 0 Å². The molecule has 1 aliphatic heterocycles. The Balaban J connectivity index is 2.19. The molecule has 9 heavy (non-hydrogen) atoms. The van der Waals surface area contributed by atoms with Crippen molar-refractivity contribution in [2.24, 2.45) is 0 Å². The molecule has 0 aliphatic carbocycles. The molecule has 3 heteroatoms. The second-order valence-corrected chi connectivity index (χ2v) is 3.70. The van der Waals surface area contributed by atoms with Crippen LogP contribution in [0.3, 0.4) is 0 Å². The Bertz CT molecular complexity index is 110. The first kappa shape index (κ1) is 7.09. The smallest absolute Gasteiger partial charge is 0.186 e. The summed E-state index contributed by atoms with van der Waals surface area (Å²) in [4.78, 5) is 10.5. The van der Waals surface area contributed by atoms with Gasteiger partial charge in [-0.2, -0.15) is 0 Å². The lowest BCUT2D eigenvalue weighted by Crippen LogP contribution is -2.11. The Labute approximate surface area is 59.4 Å². The predicted molar refractivity (Wildman–Crippen MR) is 39.5 cm³/mol. The average Bonchev–Trinajstić information content (AvgIpc) is 2.15. The van der Waals surface area contributed by atoms with Gasteiger partial charge in [-0.25, -0.2) is 0 Å². The van der Waals surface area contributed by atoms with Crippen molar-refractivity contribution in [3.05, 3.63) is 0 Å². The maximum atomic E-state index is 10.5. The van der Waals surface area contributed by atoms with Crippen LogP contribution in [0.1, 0.15) is 13.3 Å². The number of rotatable bonds is 1. The van der Waals surface area contributed by atoms with E-state index >= 15 is 0 Å². The number of carbonyl (C=O) groups excluding carboxylic acids is 1. The van der Waals surface area contributed by atoms with Crippen LogP contribution in [-0.4, -0.2) is 23.5 Å². The van der Waals surface area contributed by atoms with Gasteiger partial charge in [-0.15, -0.1) is 0 Å². The average molecular weight is 145 g/mol. The monoisotopic (exact) mass is 145 g/mol. The quantitative estimate of drug-likeness (QED) is 0.586. The van der Waals surface area contributed by atoms with Gasteiger partial charge in [0.05, 0.1) is 0 Å². The first-order valence-electron chi connectivity index (χ1n) is 3.17. The van der Waals surface area contributed by atoms with Gasteiger partial charge in [-0.1, -0.05) is 11.8 Å². The maximum absolute atomic E-state index is 10.5. The largest absolute Gasteiger partial charge is 0.316 e. The van der Waals surface area contributed by atoms with Crippen molar-refractivity contribution in [3.8, 4) is 0 Å². The minimum atomic E-state index is 0.240. The van der Waals surface area contributed by atoms with Crippen LogP contribution in [0.25, 0.3) is 0 Å². The highest BCUT2D eigenvalue weighted by molar-refractivity contribution is 8.14. The molecular formula is C6H11NOS. The Morgan fingerprint density at radius 2 is 2.56 bits per heavy atom. The number of thioether (sulfide) groups is 1. The minimum absolute atomic E-state index is 0.240. The zero-order valence-electron chi connectivity index (χ0n) is 5.52. The standard InChI is InChI=1S/C6H11NOS/c1-5(8)9-6-2-3-7-4-6/h6-7H,2-4H2,1H3. The molecule has 0 aromatic carbocycles. The summed E-state index contributed by atoms with van der Waals surface area (Å²) in [5.41, 5.74) is 0. The van der Waals surface area contributed by atoms with E-state index in [1.54, 1.807) is 6.92 Å². The molecule has 1 saturated heterocycles. The maximum Gasteiger partial charge on any atom is 0.186 e. The van der Waals surface area contributed by atoms with Crippen molar-refractivity contribution in [1.29, 1.82) is 0 Å². The summed E-state index contributed by atoms with van der Waals surface area (Å²) in [6.45, 7) is 3.71. The molecule has 1 N–H and O–H groups in total. The summed E-state index contributed by atoms with van der Waals surface area (Å²) in [5, 5.41) is 3.99. The highest BCUT2D eigenvalue weighted by Gasteiger charge is 2.15. The van der Waals surface area contributed by atoms with Gasteiger partial charge in [-0.3, -0.25) is 4.79 Å². The molecule has 0 radical (unpaired) electrons. The summed E-state index contributed by atoms with van der Waals surface area (Å²) in [6.07, 6.45) is 1.14. The molecule has 52 valence electrons. The topological polar surface area (TPSA) is 29.1 Å². The first-order chi connectivity index (χ1) is 4.29. The van der Waals surface area contributed by atoms with E-state index in [9.17, 15) is 4.79 Å². The Morgan fingerprint density at radius 3 is 3.00 bits per heavy atom. The van der Waals surface area contributed by atoms with E-state index in [0.717, 1.165) is 19.5 Å². The third kappa shape index (κ3) is 2.37. The van der Waals surface area contributed by atoms with Crippen LogP contribution in [-0.2, 0) is 4.79 Å². The fourth-order valence-corrected chi connectivity index (χ4v) is 1.87. The number of nitrogens with one attached hydrogen (secondary N) is 1. The number of hydrogen-bond acceptors (Lipinski definition) is 3. The SMILES string of the molecule is CC(=O)SC1CCNC1. The summed E-state index contributed by atoms with van der Waals surface area (Å²) >= 11 is 1.46. The minimum Gasteiger partial charge on any atom is -0.316 e. The normalized spacial score (nSPS) is 26.6. The van der Waals surface area contributed by atoms with E-state index in [0.29, 0.717) is 5.25 Å². The van der Waals surface area contributed by atoms with Crippen molar-refractivity contribution in [2.45, 2.75) is 18.6 Å². The van der Waals surface area contributed by atoms with Crippen molar-refractivity contribution in [1.82, 2.24) is 5.32 Å². The van der Waals surface area contributed by atoms with Gasteiger partial charge in [0.15, 0.2) is 5.12 Å². The second kappa shape index (κ2) is 3.22. The lowest BCUT2D eigenvalue weighted by Gasteiger charge is -2.01. The molecule has 1 atom stereocenters. The van der Waals surface area contributed by atoms with E-state index in [1.165, 1.54) is 11.8 Å². The van der Waals surface area contributed by atoms with Crippen LogP contribution < -0.4 is 5.32 Å². The van der Waals surface area contributed by atoms with E-state index in [1.807, 2.05) is 0 Å². The zero-order valence-corrected chi connectivity index (χ0v) is 6.33. The highest BCUT2D eigenvalue weighted by Crippen LogP contribution is 2.17. The van der Waals surface area contributed by atoms with Crippen LogP contribution in [0.2, 0.25) is 0 Å². The highest BCUT2D eigenvalue weighted by atomic mass is 32.2. The van der Waals surface area contributed by atoms with Gasteiger partial charge < -0.3 is 5.32 Å². The molecule has 0 aromatic heterocycles. The summed E-state index contributed by atoms with van der Waals surface area (Å²) in [7, 11) is 0. The van der Waals surface area contributed by atoms with Crippen LogP contribution in [0.15, 0.2) is 0 Å². The van der Waals surface area contributed by atoms with Crippen LogP contribution in [0.4, 0.5) is 0 Å². The Kier molecular flexibility index (Phi) is 2.54. The van der Waals surface area contributed by atoms with Crippen LogP contribution in [0, 0.1) is 0 Å². The molecule has 0 amide bonds. The van der Waals surface area contributed by atoms with E-state index in [4.69, 9.17) is 0 Å². The molecule has 2 nitrogen and oxygen atoms in total. The molecule has 1 fully saturated rings. The summed E-state index contributed by atoms with van der Waals surface area (Å²) in [6, 6.07) is 0. The Hall–Kier alpha value is -0.0200. The van der Waals surface area contributed by atoms with Crippen molar-refractivity contribution in [2.75, 3.05) is 13.1 Å². The van der Waals surface area contributed by atoms with Gasteiger partial charge in [-0.05, 0) is 13.0 Å². The molecule has 0 saturated carbocycles. The van der Waals surface area contributed by atoms with Gasteiger partial charge in [0, 0.05) is 18.7 Å². The second-order valence-electron chi connectivity index (χ2n) is 2.22. The molecule has 1 heterocycles. The summed E-state index contributed by atoms with van der Waals surface area (Å²) in [5.74, 6) is 0. The molecule has 1 rings (SSSR count). The molecular weight excluding hydrogens is 134 g/mol. The molecule has 0 bridgehead atoms. The summed E-state index contributed by atoms with van der Waals surface area (Å²) < 4.78 is 0. The van der Waals surface area contributed by atoms with E-state index in [2.05, 4.69) is 5.32 Å². The fourth-order valence-electron chi connectivity index (χ4n) is 0.963. The van der Waals surface area contributed by atoms with Crippen molar-refractivity contribution < 1.29 is 4.79 Å².